The van der Waals surface area contributed by atoms with Crippen LogP contribution in [0.5, 0.6) is 0 Å². The van der Waals surface area contributed by atoms with E-state index in [9.17, 15) is 14.7 Å². The SMILES string of the molecule is COCC(=O)N1CCC(Nc2cc(C(=O)N3CCCC(O)C3)ncn2)CC1. The lowest BCUT2D eigenvalue weighted by Gasteiger charge is -2.32. The predicted octanol–water partition coefficient (Wildman–Crippen LogP) is 0.123. The molecule has 3 rings (SSSR count). The van der Waals surface area contributed by atoms with E-state index in [1.54, 1.807) is 15.9 Å². The monoisotopic (exact) mass is 377 g/mol. The van der Waals surface area contributed by atoms with Gasteiger partial charge in [-0.2, -0.15) is 0 Å². The van der Waals surface area contributed by atoms with E-state index in [0.29, 0.717) is 37.7 Å². The summed E-state index contributed by atoms with van der Waals surface area (Å²) in [6, 6.07) is 1.84. The third-order valence-electron chi connectivity index (χ3n) is 5.04. The second-order valence-corrected chi connectivity index (χ2v) is 7.07. The summed E-state index contributed by atoms with van der Waals surface area (Å²) < 4.78 is 4.90. The van der Waals surface area contributed by atoms with Gasteiger partial charge in [0.2, 0.25) is 5.91 Å². The number of carbonyl (C=O) groups is 2. The Hall–Kier alpha value is -2.26. The van der Waals surface area contributed by atoms with Gasteiger partial charge in [0.05, 0.1) is 6.10 Å². The van der Waals surface area contributed by atoms with Gasteiger partial charge in [-0.25, -0.2) is 9.97 Å². The minimum absolute atomic E-state index is 0.00888. The first-order valence-electron chi connectivity index (χ1n) is 9.39. The zero-order valence-corrected chi connectivity index (χ0v) is 15.6. The first-order chi connectivity index (χ1) is 13.1. The summed E-state index contributed by atoms with van der Waals surface area (Å²) in [7, 11) is 1.52. The van der Waals surface area contributed by atoms with E-state index >= 15 is 0 Å². The number of anilines is 1. The van der Waals surface area contributed by atoms with Crippen LogP contribution in [0.3, 0.4) is 0 Å². The van der Waals surface area contributed by atoms with Crippen molar-refractivity contribution in [3.63, 3.8) is 0 Å². The minimum Gasteiger partial charge on any atom is -0.391 e. The lowest BCUT2D eigenvalue weighted by Crippen LogP contribution is -2.44. The van der Waals surface area contributed by atoms with E-state index in [0.717, 1.165) is 25.7 Å². The summed E-state index contributed by atoms with van der Waals surface area (Å²) in [4.78, 5) is 36.2. The van der Waals surface area contributed by atoms with Crippen LogP contribution in [0.25, 0.3) is 0 Å². The molecule has 0 aromatic carbocycles. The number of ether oxygens (including phenoxy) is 1. The number of aliphatic hydroxyl groups is 1. The maximum absolute atomic E-state index is 12.6. The van der Waals surface area contributed by atoms with Crippen molar-refractivity contribution < 1.29 is 19.4 Å². The van der Waals surface area contributed by atoms with Crippen LogP contribution in [0.4, 0.5) is 5.82 Å². The summed E-state index contributed by atoms with van der Waals surface area (Å²) in [6.45, 7) is 2.43. The number of nitrogens with one attached hydrogen (secondary N) is 1. The molecule has 1 unspecified atom stereocenters. The molecule has 1 aromatic rings. The number of β-amino-alcohol motifs (C(OH)–C–C–N with tert-alkyl or cyclic N) is 1. The zero-order chi connectivity index (χ0) is 19.2. The standard InChI is InChI=1S/C18H27N5O4/c1-27-11-17(25)22-7-4-13(5-8-22)21-16-9-15(19-12-20-16)18(26)23-6-2-3-14(24)10-23/h9,12-14,24H,2-8,10-11H2,1H3,(H,19,20,21). The van der Waals surface area contributed by atoms with Crippen LogP contribution in [0.2, 0.25) is 0 Å². The summed E-state index contributed by atoms with van der Waals surface area (Å²) >= 11 is 0. The molecule has 27 heavy (non-hydrogen) atoms. The number of hydrogen-bond donors (Lipinski definition) is 2. The van der Waals surface area contributed by atoms with Crippen molar-refractivity contribution in [2.45, 2.75) is 37.8 Å². The topological polar surface area (TPSA) is 108 Å². The number of methoxy groups -OCH3 is 1. The molecule has 0 saturated carbocycles. The molecule has 1 atom stereocenters. The molecule has 2 saturated heterocycles. The van der Waals surface area contributed by atoms with Crippen molar-refractivity contribution in [3.05, 3.63) is 18.1 Å². The number of hydrogen-bond acceptors (Lipinski definition) is 7. The van der Waals surface area contributed by atoms with Gasteiger partial charge in [0.25, 0.3) is 5.91 Å². The number of piperidine rings is 2. The lowest BCUT2D eigenvalue weighted by atomic mass is 10.0. The van der Waals surface area contributed by atoms with Crippen molar-refractivity contribution in [1.82, 2.24) is 19.8 Å². The van der Waals surface area contributed by atoms with Crippen LogP contribution in [0.1, 0.15) is 36.2 Å². The van der Waals surface area contributed by atoms with Crippen molar-refractivity contribution in [2.75, 3.05) is 45.2 Å². The lowest BCUT2D eigenvalue weighted by molar-refractivity contribution is -0.136. The second-order valence-electron chi connectivity index (χ2n) is 7.07. The van der Waals surface area contributed by atoms with E-state index in [1.165, 1.54) is 13.4 Å². The van der Waals surface area contributed by atoms with E-state index < -0.39 is 6.10 Å². The zero-order valence-electron chi connectivity index (χ0n) is 15.6. The highest BCUT2D eigenvalue weighted by atomic mass is 16.5. The molecule has 9 nitrogen and oxygen atoms in total. The van der Waals surface area contributed by atoms with Gasteiger partial charge in [0.1, 0.15) is 24.4 Å². The molecule has 1 aromatic heterocycles. The maximum Gasteiger partial charge on any atom is 0.272 e. The average molecular weight is 377 g/mol. The molecule has 2 N–H and O–H groups in total. The van der Waals surface area contributed by atoms with Gasteiger partial charge in [-0.05, 0) is 25.7 Å². The number of carbonyl (C=O) groups excluding carboxylic acids is 2. The van der Waals surface area contributed by atoms with Crippen LogP contribution in [-0.4, -0.2) is 88.7 Å². The molecule has 2 aliphatic heterocycles. The fourth-order valence-corrected chi connectivity index (χ4v) is 3.55. The quantitative estimate of drug-likeness (QED) is 0.750. The second kappa shape index (κ2) is 9.09. The average Bonchev–Trinajstić information content (AvgIpc) is 2.68. The van der Waals surface area contributed by atoms with E-state index in [4.69, 9.17) is 4.74 Å². The van der Waals surface area contributed by atoms with Crippen molar-refractivity contribution in [2.24, 2.45) is 0 Å². The highest BCUT2D eigenvalue weighted by molar-refractivity contribution is 5.93. The molecule has 0 aliphatic carbocycles. The molecule has 0 bridgehead atoms. The van der Waals surface area contributed by atoms with Crippen molar-refractivity contribution >= 4 is 17.6 Å². The number of aromatic nitrogens is 2. The Labute approximate surface area is 158 Å². The Morgan fingerprint density at radius 3 is 2.70 bits per heavy atom. The van der Waals surface area contributed by atoms with Gasteiger partial charge in [0.15, 0.2) is 0 Å². The summed E-state index contributed by atoms with van der Waals surface area (Å²) in [5.74, 6) is 0.432. The maximum atomic E-state index is 12.6. The fourth-order valence-electron chi connectivity index (χ4n) is 3.55. The van der Waals surface area contributed by atoms with Gasteiger partial charge in [-0.1, -0.05) is 0 Å². The molecule has 0 radical (unpaired) electrons. The van der Waals surface area contributed by atoms with E-state index in [2.05, 4.69) is 15.3 Å². The van der Waals surface area contributed by atoms with Crippen LogP contribution in [-0.2, 0) is 9.53 Å². The number of aliphatic hydroxyl groups excluding tert-OH is 1. The summed E-state index contributed by atoms with van der Waals surface area (Å²) in [6.07, 6.45) is 4.05. The number of amides is 2. The molecule has 9 heteroatoms. The molecule has 0 spiro atoms. The predicted molar refractivity (Wildman–Crippen MR) is 98.3 cm³/mol. The molecule has 3 heterocycles. The number of likely N-dealkylation sites (tertiary alicyclic amines) is 2. The Balaban J connectivity index is 1.55. The van der Waals surface area contributed by atoms with Crippen molar-refractivity contribution in [1.29, 1.82) is 0 Å². The summed E-state index contributed by atoms with van der Waals surface area (Å²) in [5, 5.41) is 13.1. The molecule has 2 aliphatic rings. The third-order valence-corrected chi connectivity index (χ3v) is 5.04. The van der Waals surface area contributed by atoms with Crippen molar-refractivity contribution in [3.8, 4) is 0 Å². The van der Waals surface area contributed by atoms with Crippen LogP contribution < -0.4 is 5.32 Å². The molecule has 2 amide bonds. The Bertz CT molecular complexity index is 663. The van der Waals surface area contributed by atoms with E-state index in [-0.39, 0.29) is 24.5 Å². The van der Waals surface area contributed by atoms with Crippen LogP contribution >= 0.6 is 0 Å². The first-order valence-corrected chi connectivity index (χ1v) is 9.39. The summed E-state index contributed by atoms with van der Waals surface area (Å²) in [5.41, 5.74) is 0.328. The van der Waals surface area contributed by atoms with Gasteiger partial charge in [-0.15, -0.1) is 0 Å². The third kappa shape index (κ3) is 5.14. The fraction of sp³-hybridized carbons (Fsp3) is 0.667. The van der Waals surface area contributed by atoms with Gasteiger partial charge >= 0.3 is 0 Å². The van der Waals surface area contributed by atoms with Gasteiger partial charge < -0.3 is 25.0 Å². The molecular formula is C18H27N5O4. The van der Waals surface area contributed by atoms with E-state index in [1.807, 2.05) is 0 Å². The number of nitrogens with zero attached hydrogens (tertiary/aromatic N) is 4. The highest BCUT2D eigenvalue weighted by Crippen LogP contribution is 2.17. The van der Waals surface area contributed by atoms with Gasteiger partial charge in [-0.3, -0.25) is 9.59 Å². The van der Waals surface area contributed by atoms with Gasteiger partial charge in [0, 0.05) is 45.4 Å². The first kappa shape index (κ1) is 19.5. The normalized spacial score (nSPS) is 21.2. The minimum atomic E-state index is -0.465. The number of rotatable bonds is 5. The smallest absolute Gasteiger partial charge is 0.272 e. The van der Waals surface area contributed by atoms with Crippen LogP contribution in [0.15, 0.2) is 12.4 Å². The Morgan fingerprint density at radius 2 is 2.00 bits per heavy atom. The Morgan fingerprint density at radius 1 is 1.22 bits per heavy atom. The van der Waals surface area contributed by atoms with Crippen LogP contribution in [0, 0.1) is 0 Å². The Kier molecular flexibility index (Phi) is 6.57. The molecule has 2 fully saturated rings. The molecule has 148 valence electrons. The largest absolute Gasteiger partial charge is 0.391 e. The highest BCUT2D eigenvalue weighted by Gasteiger charge is 2.25. The molecular weight excluding hydrogens is 350 g/mol.